The average molecular weight is 492 g/mol. The first kappa shape index (κ1) is 25.7. The van der Waals surface area contributed by atoms with Crippen molar-refractivity contribution in [2.45, 2.75) is 30.3 Å². The zero-order chi connectivity index (χ0) is 23.7. The Morgan fingerprint density at radius 2 is 1.85 bits per heavy atom. The van der Waals surface area contributed by atoms with Gasteiger partial charge in [-0.25, -0.2) is 8.42 Å². The molecule has 9 heteroatoms. The number of nitrogens with one attached hydrogen (secondary N) is 2. The lowest BCUT2D eigenvalue weighted by Gasteiger charge is -2.35. The van der Waals surface area contributed by atoms with Gasteiger partial charge in [-0.3, -0.25) is 9.69 Å². The largest absolute Gasteiger partial charge is 0.379 e. The van der Waals surface area contributed by atoms with E-state index >= 15 is 0 Å². The molecule has 0 spiro atoms. The quantitative estimate of drug-likeness (QED) is 0.502. The molecule has 1 amide bonds. The van der Waals surface area contributed by atoms with Crippen LogP contribution in [0.3, 0.4) is 0 Å². The molecule has 2 N–H and O–H groups in total. The molecule has 7 nitrogen and oxygen atoms in total. The van der Waals surface area contributed by atoms with Crippen molar-refractivity contribution in [3.63, 3.8) is 0 Å². The van der Waals surface area contributed by atoms with Crippen LogP contribution in [0.15, 0.2) is 59.5 Å². The standard InChI is InChI=1S/C24H33N3O4S2/c1-19-7-6-8-20(17-19)23(27-12-14-31-15-13-27)18-25-24(28)22(11-16-32-2)26-33(29,30)21-9-4-3-5-10-21/h3-10,17,22-23,26H,11-16,18H2,1-2H3,(H,25,28). The molecule has 1 aliphatic heterocycles. The third-order valence-electron chi connectivity index (χ3n) is 5.66. The topological polar surface area (TPSA) is 87.7 Å². The third kappa shape index (κ3) is 7.55. The molecule has 0 aromatic heterocycles. The van der Waals surface area contributed by atoms with Crippen molar-refractivity contribution in [3.8, 4) is 0 Å². The van der Waals surface area contributed by atoms with Crippen LogP contribution in [-0.4, -0.2) is 70.1 Å². The van der Waals surface area contributed by atoms with Crippen molar-refractivity contribution in [1.29, 1.82) is 0 Å². The number of carbonyl (C=O) groups excluding carboxylic acids is 1. The maximum Gasteiger partial charge on any atom is 0.241 e. The van der Waals surface area contributed by atoms with Gasteiger partial charge in [0.1, 0.15) is 6.04 Å². The van der Waals surface area contributed by atoms with Gasteiger partial charge in [0.05, 0.1) is 24.2 Å². The highest BCUT2D eigenvalue weighted by molar-refractivity contribution is 7.98. The van der Waals surface area contributed by atoms with Crippen LogP contribution in [0, 0.1) is 6.92 Å². The Bertz CT molecular complexity index is 996. The highest BCUT2D eigenvalue weighted by Crippen LogP contribution is 2.22. The van der Waals surface area contributed by atoms with Crippen LogP contribution in [0.1, 0.15) is 23.6 Å². The molecule has 1 fully saturated rings. The fraction of sp³-hybridized carbons (Fsp3) is 0.458. The number of thioether (sulfide) groups is 1. The van der Waals surface area contributed by atoms with Gasteiger partial charge in [-0.05, 0) is 43.0 Å². The first-order valence-corrected chi connectivity index (χ1v) is 14.0. The van der Waals surface area contributed by atoms with Gasteiger partial charge in [0.2, 0.25) is 15.9 Å². The summed E-state index contributed by atoms with van der Waals surface area (Å²) in [4.78, 5) is 15.6. The monoisotopic (exact) mass is 491 g/mol. The summed E-state index contributed by atoms with van der Waals surface area (Å²) in [5, 5.41) is 3.02. The molecule has 0 radical (unpaired) electrons. The molecule has 0 aliphatic carbocycles. The molecule has 180 valence electrons. The SMILES string of the molecule is CSCCC(NS(=O)(=O)c1ccccc1)C(=O)NCC(c1cccc(C)c1)N1CCOCC1. The second-order valence-electron chi connectivity index (χ2n) is 8.09. The maximum absolute atomic E-state index is 13.2. The maximum atomic E-state index is 13.2. The summed E-state index contributed by atoms with van der Waals surface area (Å²) in [5.41, 5.74) is 2.29. The Hall–Kier alpha value is -1.91. The molecule has 2 atom stereocenters. The molecule has 3 rings (SSSR count). The van der Waals surface area contributed by atoms with Crippen LogP contribution in [0.5, 0.6) is 0 Å². The second-order valence-corrected chi connectivity index (χ2v) is 10.8. The van der Waals surface area contributed by atoms with Gasteiger partial charge in [0, 0.05) is 19.6 Å². The minimum absolute atomic E-state index is 0.00955. The van der Waals surface area contributed by atoms with Crippen molar-refractivity contribution in [2.75, 3.05) is 44.9 Å². The molecular weight excluding hydrogens is 458 g/mol. The molecule has 1 aliphatic rings. The van der Waals surface area contributed by atoms with Crippen LogP contribution in [0.25, 0.3) is 0 Å². The average Bonchev–Trinajstić information content (AvgIpc) is 2.83. The lowest BCUT2D eigenvalue weighted by atomic mass is 10.0. The summed E-state index contributed by atoms with van der Waals surface area (Å²) >= 11 is 1.58. The zero-order valence-electron chi connectivity index (χ0n) is 19.2. The van der Waals surface area contributed by atoms with Gasteiger partial charge < -0.3 is 10.1 Å². The lowest BCUT2D eigenvalue weighted by molar-refractivity contribution is -0.123. The molecule has 2 aromatic rings. The van der Waals surface area contributed by atoms with Crippen LogP contribution in [-0.2, 0) is 19.6 Å². The summed E-state index contributed by atoms with van der Waals surface area (Å²) in [7, 11) is -3.80. The number of nitrogens with zero attached hydrogens (tertiary/aromatic N) is 1. The number of hydrogen-bond acceptors (Lipinski definition) is 6. The molecule has 2 unspecified atom stereocenters. The normalized spacial score (nSPS) is 16.8. The van der Waals surface area contributed by atoms with E-state index in [1.54, 1.807) is 30.0 Å². The number of carbonyl (C=O) groups is 1. The van der Waals surface area contributed by atoms with Gasteiger partial charge >= 0.3 is 0 Å². The molecule has 1 saturated heterocycles. The smallest absolute Gasteiger partial charge is 0.241 e. The van der Waals surface area contributed by atoms with Gasteiger partial charge in [0.25, 0.3) is 0 Å². The molecule has 2 aromatic carbocycles. The minimum Gasteiger partial charge on any atom is -0.379 e. The molecule has 0 bridgehead atoms. The summed E-state index contributed by atoms with van der Waals surface area (Å²) in [5.74, 6) is 0.356. The third-order valence-corrected chi connectivity index (χ3v) is 7.79. The number of aryl methyl sites for hydroxylation is 1. The van der Waals surface area contributed by atoms with Crippen molar-refractivity contribution in [2.24, 2.45) is 0 Å². The predicted octanol–water partition coefficient (Wildman–Crippen LogP) is 2.58. The number of sulfonamides is 1. The van der Waals surface area contributed by atoms with E-state index in [1.807, 2.05) is 12.3 Å². The van der Waals surface area contributed by atoms with Gasteiger partial charge in [0.15, 0.2) is 0 Å². The Morgan fingerprint density at radius 1 is 1.12 bits per heavy atom. The number of benzene rings is 2. The Kier molecular flexibility index (Phi) is 9.76. The van der Waals surface area contributed by atoms with E-state index in [0.29, 0.717) is 31.9 Å². The van der Waals surface area contributed by atoms with Gasteiger partial charge in [-0.15, -0.1) is 0 Å². The lowest BCUT2D eigenvalue weighted by Crippen LogP contribution is -2.50. The predicted molar refractivity (Wildman–Crippen MR) is 133 cm³/mol. The van der Waals surface area contributed by atoms with Crippen LogP contribution < -0.4 is 10.0 Å². The van der Waals surface area contributed by atoms with Crippen molar-refractivity contribution in [1.82, 2.24) is 14.9 Å². The summed E-state index contributed by atoms with van der Waals surface area (Å²) < 4.78 is 33.8. The zero-order valence-corrected chi connectivity index (χ0v) is 20.8. The van der Waals surface area contributed by atoms with E-state index in [4.69, 9.17) is 4.74 Å². The summed E-state index contributed by atoms with van der Waals surface area (Å²) in [6.07, 6.45) is 2.35. The first-order chi connectivity index (χ1) is 15.9. The fourth-order valence-corrected chi connectivity index (χ4v) is 5.60. The molecular formula is C24H33N3O4S2. The van der Waals surface area contributed by atoms with Crippen LogP contribution in [0.4, 0.5) is 0 Å². The second kappa shape index (κ2) is 12.5. The molecule has 33 heavy (non-hydrogen) atoms. The number of ether oxygens (including phenoxy) is 1. The van der Waals surface area contributed by atoms with E-state index in [2.05, 4.69) is 40.1 Å². The highest BCUT2D eigenvalue weighted by atomic mass is 32.2. The van der Waals surface area contributed by atoms with Crippen molar-refractivity contribution < 1.29 is 17.9 Å². The van der Waals surface area contributed by atoms with Gasteiger partial charge in [-0.2, -0.15) is 16.5 Å². The van der Waals surface area contributed by atoms with E-state index in [-0.39, 0.29) is 16.8 Å². The Morgan fingerprint density at radius 3 is 2.52 bits per heavy atom. The fourth-order valence-electron chi connectivity index (χ4n) is 3.88. The number of hydrogen-bond donors (Lipinski definition) is 2. The van der Waals surface area contributed by atoms with Crippen molar-refractivity contribution in [3.05, 3.63) is 65.7 Å². The molecule has 1 heterocycles. The van der Waals surface area contributed by atoms with Crippen molar-refractivity contribution >= 4 is 27.7 Å². The van der Waals surface area contributed by atoms with E-state index in [9.17, 15) is 13.2 Å². The van der Waals surface area contributed by atoms with E-state index in [0.717, 1.165) is 24.2 Å². The summed E-state index contributed by atoms with van der Waals surface area (Å²) in [6, 6.07) is 15.6. The van der Waals surface area contributed by atoms with Crippen LogP contribution >= 0.6 is 11.8 Å². The highest BCUT2D eigenvalue weighted by Gasteiger charge is 2.28. The Balaban J connectivity index is 1.73. The van der Waals surface area contributed by atoms with E-state index < -0.39 is 16.1 Å². The van der Waals surface area contributed by atoms with Crippen LogP contribution in [0.2, 0.25) is 0 Å². The summed E-state index contributed by atoms with van der Waals surface area (Å²) in [6.45, 7) is 5.32. The number of rotatable bonds is 11. The molecule has 0 saturated carbocycles. The minimum atomic E-state index is -3.80. The first-order valence-electron chi connectivity index (χ1n) is 11.1. The number of morpholine rings is 1. The Labute approximate surface area is 201 Å². The number of amides is 1. The van der Waals surface area contributed by atoms with E-state index in [1.165, 1.54) is 12.1 Å². The van der Waals surface area contributed by atoms with Gasteiger partial charge in [-0.1, -0.05) is 48.0 Å².